The molecule has 0 saturated carbocycles. The maximum Gasteiger partial charge on any atom is 0.257 e. The summed E-state index contributed by atoms with van der Waals surface area (Å²) < 4.78 is 7.38. The number of para-hydroxylation sites is 3. The van der Waals surface area contributed by atoms with Gasteiger partial charge in [0.15, 0.2) is 12.4 Å². The highest BCUT2D eigenvalue weighted by Gasteiger charge is 2.18. The summed E-state index contributed by atoms with van der Waals surface area (Å²) >= 11 is 0. The van der Waals surface area contributed by atoms with E-state index in [1.54, 1.807) is 19.1 Å². The van der Waals surface area contributed by atoms with Crippen LogP contribution in [-0.2, 0) is 16.0 Å². The molecule has 1 unspecified atom stereocenters. The first-order valence-corrected chi connectivity index (χ1v) is 8.97. The maximum absolute atomic E-state index is 12.0. The SMILES string of the molecule is CC(=O)C(C)n1c(CCNC(=O)COc2ccccc2)nc2ccccc21. The number of aromatic nitrogens is 2. The van der Waals surface area contributed by atoms with Crippen LogP contribution in [0.25, 0.3) is 11.0 Å². The van der Waals surface area contributed by atoms with E-state index in [-0.39, 0.29) is 24.3 Å². The number of carbonyl (C=O) groups is 2. The summed E-state index contributed by atoms with van der Waals surface area (Å²) in [5, 5.41) is 2.84. The second-order valence-corrected chi connectivity index (χ2v) is 6.38. The van der Waals surface area contributed by atoms with Gasteiger partial charge in [0.25, 0.3) is 5.91 Å². The molecule has 2 aromatic carbocycles. The van der Waals surface area contributed by atoms with Crippen molar-refractivity contribution in [1.29, 1.82) is 0 Å². The van der Waals surface area contributed by atoms with Crippen LogP contribution in [0.5, 0.6) is 5.75 Å². The minimum absolute atomic E-state index is 0.0374. The summed E-state index contributed by atoms with van der Waals surface area (Å²) in [6, 6.07) is 16.6. The van der Waals surface area contributed by atoms with Gasteiger partial charge in [-0.25, -0.2) is 4.98 Å². The number of benzene rings is 2. The molecule has 6 nitrogen and oxygen atoms in total. The fourth-order valence-electron chi connectivity index (χ4n) is 2.92. The Hall–Kier alpha value is -3.15. The topological polar surface area (TPSA) is 73.2 Å². The van der Waals surface area contributed by atoms with Gasteiger partial charge in [0.05, 0.1) is 17.1 Å². The average Bonchev–Trinajstić information content (AvgIpc) is 3.04. The molecule has 0 aliphatic heterocycles. The molecule has 0 spiro atoms. The van der Waals surface area contributed by atoms with Gasteiger partial charge in [-0.1, -0.05) is 30.3 Å². The standard InChI is InChI=1S/C21H23N3O3/c1-15(16(2)25)24-19-11-7-6-10-18(19)23-20(24)12-13-22-21(26)14-27-17-8-4-3-5-9-17/h3-11,15H,12-14H2,1-2H3,(H,22,26). The summed E-state index contributed by atoms with van der Waals surface area (Å²) in [4.78, 5) is 28.5. The lowest BCUT2D eigenvalue weighted by Gasteiger charge is -2.15. The molecule has 0 saturated heterocycles. The number of carbonyl (C=O) groups excluding carboxylic acids is 2. The highest BCUT2D eigenvalue weighted by Crippen LogP contribution is 2.22. The van der Waals surface area contributed by atoms with E-state index in [9.17, 15) is 9.59 Å². The van der Waals surface area contributed by atoms with E-state index in [1.807, 2.05) is 54.0 Å². The summed E-state index contributed by atoms with van der Waals surface area (Å²) in [6.45, 7) is 3.83. The zero-order valence-corrected chi connectivity index (χ0v) is 15.5. The second kappa shape index (κ2) is 8.49. The van der Waals surface area contributed by atoms with Gasteiger partial charge in [-0.15, -0.1) is 0 Å². The first-order valence-electron chi connectivity index (χ1n) is 8.97. The Morgan fingerprint density at radius 3 is 2.56 bits per heavy atom. The molecule has 1 heterocycles. The van der Waals surface area contributed by atoms with Crippen LogP contribution in [0.4, 0.5) is 0 Å². The van der Waals surface area contributed by atoms with Gasteiger partial charge in [0.1, 0.15) is 11.6 Å². The minimum Gasteiger partial charge on any atom is -0.484 e. The number of rotatable bonds is 8. The van der Waals surface area contributed by atoms with Gasteiger partial charge in [-0.3, -0.25) is 9.59 Å². The third-order valence-electron chi connectivity index (χ3n) is 4.43. The molecule has 0 aliphatic rings. The van der Waals surface area contributed by atoms with Crippen LogP contribution >= 0.6 is 0 Å². The van der Waals surface area contributed by atoms with Gasteiger partial charge < -0.3 is 14.6 Å². The van der Waals surface area contributed by atoms with Gasteiger partial charge in [-0.2, -0.15) is 0 Å². The maximum atomic E-state index is 12.0. The highest BCUT2D eigenvalue weighted by molar-refractivity contribution is 5.84. The smallest absolute Gasteiger partial charge is 0.257 e. The third kappa shape index (κ3) is 4.53. The molecule has 3 aromatic rings. The molecule has 0 radical (unpaired) electrons. The Labute approximate surface area is 158 Å². The number of nitrogens with zero attached hydrogens (tertiary/aromatic N) is 2. The molecule has 3 rings (SSSR count). The summed E-state index contributed by atoms with van der Waals surface area (Å²) in [6.07, 6.45) is 0.531. The van der Waals surface area contributed by atoms with Crippen LogP contribution in [0.2, 0.25) is 0 Å². The molecule has 1 amide bonds. The van der Waals surface area contributed by atoms with Crippen LogP contribution in [0, 0.1) is 0 Å². The van der Waals surface area contributed by atoms with Crippen molar-refractivity contribution >= 4 is 22.7 Å². The molecule has 0 bridgehead atoms. The van der Waals surface area contributed by atoms with Gasteiger partial charge in [-0.05, 0) is 38.1 Å². The molecule has 1 N–H and O–H groups in total. The zero-order chi connectivity index (χ0) is 19.2. The van der Waals surface area contributed by atoms with E-state index in [2.05, 4.69) is 10.3 Å². The number of hydrogen-bond acceptors (Lipinski definition) is 4. The van der Waals surface area contributed by atoms with Crippen molar-refractivity contribution in [3.8, 4) is 5.75 Å². The Balaban J connectivity index is 1.62. The Bertz CT molecular complexity index is 934. The van der Waals surface area contributed by atoms with Crippen molar-refractivity contribution in [3.05, 3.63) is 60.4 Å². The van der Waals surface area contributed by atoms with Gasteiger partial charge in [0, 0.05) is 13.0 Å². The Morgan fingerprint density at radius 2 is 1.81 bits per heavy atom. The number of imidazole rings is 1. The quantitative estimate of drug-likeness (QED) is 0.666. The first-order chi connectivity index (χ1) is 13.1. The molecule has 1 atom stereocenters. The van der Waals surface area contributed by atoms with E-state index in [0.717, 1.165) is 16.9 Å². The minimum atomic E-state index is -0.301. The molecular weight excluding hydrogens is 342 g/mol. The molecule has 6 heteroatoms. The first kappa shape index (κ1) is 18.6. The number of ether oxygens (including phenoxy) is 1. The van der Waals surface area contributed by atoms with Crippen molar-refractivity contribution < 1.29 is 14.3 Å². The molecule has 0 fully saturated rings. The van der Waals surface area contributed by atoms with E-state index in [1.165, 1.54) is 0 Å². The summed E-state index contributed by atoms with van der Waals surface area (Å²) in [5.41, 5.74) is 1.77. The highest BCUT2D eigenvalue weighted by atomic mass is 16.5. The zero-order valence-electron chi connectivity index (χ0n) is 15.5. The normalized spacial score (nSPS) is 11.9. The van der Waals surface area contributed by atoms with Crippen LogP contribution in [-0.4, -0.2) is 34.4 Å². The van der Waals surface area contributed by atoms with E-state index in [4.69, 9.17) is 4.74 Å². The number of ketones is 1. The fourth-order valence-corrected chi connectivity index (χ4v) is 2.92. The van der Waals surface area contributed by atoms with Crippen LogP contribution in [0.1, 0.15) is 25.7 Å². The molecule has 27 heavy (non-hydrogen) atoms. The predicted molar refractivity (Wildman–Crippen MR) is 104 cm³/mol. The fraction of sp³-hybridized carbons (Fsp3) is 0.286. The Morgan fingerprint density at radius 1 is 1.11 bits per heavy atom. The molecule has 140 valence electrons. The van der Waals surface area contributed by atoms with Gasteiger partial charge in [0.2, 0.25) is 0 Å². The van der Waals surface area contributed by atoms with E-state index < -0.39 is 0 Å². The lowest BCUT2D eigenvalue weighted by Crippen LogP contribution is -2.31. The average molecular weight is 365 g/mol. The van der Waals surface area contributed by atoms with Crippen molar-refractivity contribution in [2.24, 2.45) is 0 Å². The van der Waals surface area contributed by atoms with Crippen molar-refractivity contribution in [2.45, 2.75) is 26.3 Å². The van der Waals surface area contributed by atoms with Crippen LogP contribution < -0.4 is 10.1 Å². The van der Waals surface area contributed by atoms with Crippen LogP contribution in [0.15, 0.2) is 54.6 Å². The number of fused-ring (bicyclic) bond motifs is 1. The number of amides is 1. The van der Waals surface area contributed by atoms with Crippen molar-refractivity contribution in [1.82, 2.24) is 14.9 Å². The second-order valence-electron chi connectivity index (χ2n) is 6.38. The molecule has 0 aliphatic carbocycles. The Kier molecular flexibility index (Phi) is 5.86. The van der Waals surface area contributed by atoms with Gasteiger partial charge >= 0.3 is 0 Å². The number of hydrogen-bond donors (Lipinski definition) is 1. The largest absolute Gasteiger partial charge is 0.484 e. The lowest BCUT2D eigenvalue weighted by atomic mass is 10.2. The predicted octanol–water partition coefficient (Wildman–Crippen LogP) is 2.92. The van der Waals surface area contributed by atoms with E-state index in [0.29, 0.717) is 18.7 Å². The van der Waals surface area contributed by atoms with E-state index >= 15 is 0 Å². The number of nitrogens with one attached hydrogen (secondary N) is 1. The van der Waals surface area contributed by atoms with Crippen molar-refractivity contribution in [3.63, 3.8) is 0 Å². The number of Topliss-reactive ketones (excluding diaryl/α,β-unsaturated/α-hetero) is 1. The summed E-state index contributed by atoms with van der Waals surface area (Å²) in [7, 11) is 0. The summed E-state index contributed by atoms with van der Waals surface area (Å²) in [5.74, 6) is 1.31. The lowest BCUT2D eigenvalue weighted by molar-refractivity contribution is -0.123. The monoisotopic (exact) mass is 365 g/mol. The molecular formula is C21H23N3O3. The molecule has 1 aromatic heterocycles. The van der Waals surface area contributed by atoms with Crippen LogP contribution in [0.3, 0.4) is 0 Å². The third-order valence-corrected chi connectivity index (χ3v) is 4.43. The van der Waals surface area contributed by atoms with Crippen molar-refractivity contribution in [2.75, 3.05) is 13.2 Å².